The van der Waals surface area contributed by atoms with Crippen LogP contribution < -0.4 is 5.32 Å². The van der Waals surface area contributed by atoms with E-state index in [0.717, 1.165) is 19.4 Å². The Labute approximate surface area is 109 Å². The van der Waals surface area contributed by atoms with Crippen LogP contribution in [0.1, 0.15) is 32.8 Å². The molecule has 0 bridgehead atoms. The SMILES string of the molecule is CC(C)(C)NCCCc1cccc2ccncc12. The molecule has 0 fully saturated rings. The molecule has 0 aliphatic rings. The highest BCUT2D eigenvalue weighted by Crippen LogP contribution is 2.18. The monoisotopic (exact) mass is 242 g/mol. The van der Waals surface area contributed by atoms with Crippen LogP contribution in [0.25, 0.3) is 10.8 Å². The lowest BCUT2D eigenvalue weighted by Gasteiger charge is -2.20. The van der Waals surface area contributed by atoms with Gasteiger partial charge in [-0.15, -0.1) is 0 Å². The summed E-state index contributed by atoms with van der Waals surface area (Å²) in [5, 5.41) is 6.10. The molecule has 1 aromatic carbocycles. The molecule has 1 heterocycles. The second-order valence-electron chi connectivity index (χ2n) is 5.79. The first-order valence-electron chi connectivity index (χ1n) is 6.63. The molecule has 2 aromatic rings. The third-order valence-electron chi connectivity index (χ3n) is 3.05. The molecule has 2 nitrogen and oxygen atoms in total. The van der Waals surface area contributed by atoms with Gasteiger partial charge in [-0.05, 0) is 57.2 Å². The van der Waals surface area contributed by atoms with Gasteiger partial charge in [-0.2, -0.15) is 0 Å². The van der Waals surface area contributed by atoms with Gasteiger partial charge in [0.2, 0.25) is 0 Å². The second kappa shape index (κ2) is 5.49. The summed E-state index contributed by atoms with van der Waals surface area (Å²) >= 11 is 0. The number of aromatic nitrogens is 1. The highest BCUT2D eigenvalue weighted by atomic mass is 14.9. The summed E-state index contributed by atoms with van der Waals surface area (Å²) in [5.41, 5.74) is 1.61. The average Bonchev–Trinajstić information content (AvgIpc) is 2.33. The van der Waals surface area contributed by atoms with Crippen LogP contribution >= 0.6 is 0 Å². The van der Waals surface area contributed by atoms with Crippen LogP contribution in [0.3, 0.4) is 0 Å². The first kappa shape index (κ1) is 13.0. The molecule has 0 aliphatic carbocycles. The lowest BCUT2D eigenvalue weighted by Crippen LogP contribution is -2.36. The first-order valence-corrected chi connectivity index (χ1v) is 6.63. The van der Waals surface area contributed by atoms with Crippen molar-refractivity contribution in [3.8, 4) is 0 Å². The zero-order chi connectivity index (χ0) is 13.0. The van der Waals surface area contributed by atoms with E-state index >= 15 is 0 Å². The highest BCUT2D eigenvalue weighted by molar-refractivity contribution is 5.84. The van der Waals surface area contributed by atoms with Crippen LogP contribution in [-0.4, -0.2) is 17.1 Å². The van der Waals surface area contributed by atoms with E-state index in [0.29, 0.717) is 0 Å². The minimum Gasteiger partial charge on any atom is -0.312 e. The predicted octanol–water partition coefficient (Wildman–Crippen LogP) is 3.56. The summed E-state index contributed by atoms with van der Waals surface area (Å²) in [7, 11) is 0. The Morgan fingerprint density at radius 3 is 2.78 bits per heavy atom. The molecule has 1 aromatic heterocycles. The molecule has 0 radical (unpaired) electrons. The van der Waals surface area contributed by atoms with Crippen LogP contribution in [0.15, 0.2) is 36.7 Å². The van der Waals surface area contributed by atoms with E-state index in [4.69, 9.17) is 0 Å². The van der Waals surface area contributed by atoms with Crippen LogP contribution in [0.2, 0.25) is 0 Å². The number of nitrogens with zero attached hydrogens (tertiary/aromatic N) is 1. The summed E-state index contributed by atoms with van der Waals surface area (Å²) < 4.78 is 0. The van der Waals surface area contributed by atoms with Gasteiger partial charge in [-0.1, -0.05) is 18.2 Å². The van der Waals surface area contributed by atoms with Crippen molar-refractivity contribution < 1.29 is 0 Å². The fraction of sp³-hybridized carbons (Fsp3) is 0.438. The van der Waals surface area contributed by atoms with Crippen molar-refractivity contribution in [2.45, 2.75) is 39.2 Å². The Bertz CT molecular complexity index is 506. The Kier molecular flexibility index (Phi) is 3.97. The molecule has 0 spiro atoms. The second-order valence-corrected chi connectivity index (χ2v) is 5.79. The number of nitrogens with one attached hydrogen (secondary N) is 1. The van der Waals surface area contributed by atoms with Crippen LogP contribution in [0.4, 0.5) is 0 Å². The fourth-order valence-corrected chi connectivity index (χ4v) is 2.14. The van der Waals surface area contributed by atoms with Crippen LogP contribution in [-0.2, 0) is 6.42 Å². The van der Waals surface area contributed by atoms with Crippen molar-refractivity contribution >= 4 is 10.8 Å². The number of benzene rings is 1. The van der Waals surface area contributed by atoms with Crippen LogP contribution in [0.5, 0.6) is 0 Å². The molecule has 0 saturated heterocycles. The molecule has 96 valence electrons. The number of aryl methyl sites for hydroxylation is 1. The van der Waals surface area contributed by atoms with Crippen molar-refractivity contribution in [1.29, 1.82) is 0 Å². The van der Waals surface area contributed by atoms with Gasteiger partial charge in [0.1, 0.15) is 0 Å². The molecule has 2 rings (SSSR count). The quantitative estimate of drug-likeness (QED) is 0.829. The topological polar surface area (TPSA) is 24.9 Å². The van der Waals surface area contributed by atoms with Gasteiger partial charge in [0.15, 0.2) is 0 Å². The molecule has 18 heavy (non-hydrogen) atoms. The summed E-state index contributed by atoms with van der Waals surface area (Å²) in [6.45, 7) is 7.67. The van der Waals surface area contributed by atoms with E-state index in [2.05, 4.69) is 55.3 Å². The van der Waals surface area contributed by atoms with E-state index in [1.807, 2.05) is 12.4 Å². The summed E-state index contributed by atoms with van der Waals surface area (Å²) in [6, 6.07) is 8.57. The van der Waals surface area contributed by atoms with Gasteiger partial charge >= 0.3 is 0 Å². The molecule has 0 amide bonds. The van der Waals surface area contributed by atoms with Gasteiger partial charge < -0.3 is 5.32 Å². The van der Waals surface area contributed by atoms with E-state index in [1.54, 1.807) is 0 Å². The molecular weight excluding hydrogens is 220 g/mol. The third kappa shape index (κ3) is 3.54. The molecule has 2 heteroatoms. The van der Waals surface area contributed by atoms with E-state index in [9.17, 15) is 0 Å². The average molecular weight is 242 g/mol. The minimum absolute atomic E-state index is 0.209. The van der Waals surface area contributed by atoms with Crippen molar-refractivity contribution in [2.75, 3.05) is 6.54 Å². The third-order valence-corrected chi connectivity index (χ3v) is 3.05. The number of pyridine rings is 1. The number of fused-ring (bicyclic) bond motifs is 1. The largest absolute Gasteiger partial charge is 0.312 e. The van der Waals surface area contributed by atoms with Gasteiger partial charge in [0.25, 0.3) is 0 Å². The number of hydrogen-bond donors (Lipinski definition) is 1. The zero-order valence-corrected chi connectivity index (χ0v) is 11.5. The lowest BCUT2D eigenvalue weighted by atomic mass is 10.0. The Morgan fingerprint density at radius 2 is 2.00 bits per heavy atom. The molecule has 0 aliphatic heterocycles. The van der Waals surface area contributed by atoms with E-state index in [1.165, 1.54) is 16.3 Å². The molecule has 0 saturated carbocycles. The maximum Gasteiger partial charge on any atom is 0.0349 e. The zero-order valence-electron chi connectivity index (χ0n) is 11.5. The smallest absolute Gasteiger partial charge is 0.0349 e. The number of hydrogen-bond acceptors (Lipinski definition) is 2. The normalized spacial score (nSPS) is 11.9. The van der Waals surface area contributed by atoms with Crippen molar-refractivity contribution in [3.63, 3.8) is 0 Å². The van der Waals surface area contributed by atoms with Gasteiger partial charge in [-0.3, -0.25) is 4.98 Å². The maximum absolute atomic E-state index is 4.23. The molecular formula is C16H22N2. The van der Waals surface area contributed by atoms with Crippen molar-refractivity contribution in [1.82, 2.24) is 10.3 Å². The summed E-state index contributed by atoms with van der Waals surface area (Å²) in [6.07, 6.45) is 6.09. The van der Waals surface area contributed by atoms with E-state index < -0.39 is 0 Å². The summed E-state index contributed by atoms with van der Waals surface area (Å²) in [4.78, 5) is 4.23. The predicted molar refractivity (Wildman–Crippen MR) is 77.8 cm³/mol. The Morgan fingerprint density at radius 1 is 1.17 bits per heavy atom. The van der Waals surface area contributed by atoms with Crippen molar-refractivity contribution in [3.05, 3.63) is 42.2 Å². The molecule has 1 N–H and O–H groups in total. The Balaban J connectivity index is 2.00. The van der Waals surface area contributed by atoms with Gasteiger partial charge in [0.05, 0.1) is 0 Å². The highest BCUT2D eigenvalue weighted by Gasteiger charge is 2.07. The first-order chi connectivity index (χ1) is 8.56. The molecule has 0 atom stereocenters. The fourth-order valence-electron chi connectivity index (χ4n) is 2.14. The summed E-state index contributed by atoms with van der Waals surface area (Å²) in [5.74, 6) is 0. The van der Waals surface area contributed by atoms with E-state index in [-0.39, 0.29) is 5.54 Å². The molecule has 0 unspecified atom stereocenters. The van der Waals surface area contributed by atoms with Crippen LogP contribution in [0, 0.1) is 0 Å². The van der Waals surface area contributed by atoms with Crippen molar-refractivity contribution in [2.24, 2.45) is 0 Å². The van der Waals surface area contributed by atoms with Gasteiger partial charge in [0, 0.05) is 23.3 Å². The standard InChI is InChI=1S/C16H22N2/c1-16(2,3)18-10-5-8-13-6-4-7-14-9-11-17-12-15(13)14/h4,6-7,9,11-12,18H,5,8,10H2,1-3H3. The Hall–Kier alpha value is -1.41. The number of rotatable bonds is 4. The van der Waals surface area contributed by atoms with Gasteiger partial charge in [-0.25, -0.2) is 0 Å². The maximum atomic E-state index is 4.23. The minimum atomic E-state index is 0.209. The lowest BCUT2D eigenvalue weighted by molar-refractivity contribution is 0.422.